The molecule has 1 aromatic rings. The molecule has 3 heteroatoms. The second kappa shape index (κ2) is 4.97. The summed E-state index contributed by atoms with van der Waals surface area (Å²) < 4.78 is 0. The smallest absolute Gasteiger partial charge is 0.0406 e. The first-order valence-electron chi connectivity index (χ1n) is 5.38. The predicted octanol–water partition coefficient (Wildman–Crippen LogP) is 1.99. The zero-order chi connectivity index (χ0) is 10.7. The van der Waals surface area contributed by atoms with Crippen LogP contribution in [-0.4, -0.2) is 31.6 Å². The topological polar surface area (TPSA) is 15.3 Å². The van der Waals surface area contributed by atoms with Gasteiger partial charge in [0.2, 0.25) is 0 Å². The maximum Gasteiger partial charge on any atom is 0.0406 e. The van der Waals surface area contributed by atoms with E-state index in [0.29, 0.717) is 0 Å². The van der Waals surface area contributed by atoms with E-state index in [4.69, 9.17) is 11.6 Å². The maximum atomic E-state index is 5.84. The third-order valence-electron chi connectivity index (χ3n) is 2.80. The number of hydrogen-bond acceptors (Lipinski definition) is 2. The Hall–Kier alpha value is -0.570. The third kappa shape index (κ3) is 3.20. The summed E-state index contributed by atoms with van der Waals surface area (Å²) in [5.41, 5.74) is 1.33. The van der Waals surface area contributed by atoms with Gasteiger partial charge >= 0.3 is 0 Å². The van der Waals surface area contributed by atoms with Crippen LogP contribution in [0.4, 0.5) is 0 Å². The zero-order valence-electron chi connectivity index (χ0n) is 9.04. The van der Waals surface area contributed by atoms with Gasteiger partial charge in [-0.25, -0.2) is 0 Å². The van der Waals surface area contributed by atoms with Crippen molar-refractivity contribution in [1.29, 1.82) is 0 Å². The van der Waals surface area contributed by atoms with Crippen LogP contribution in [0, 0.1) is 5.92 Å². The molecule has 0 bridgehead atoms. The first kappa shape index (κ1) is 10.9. The molecular weight excluding hydrogens is 208 g/mol. The van der Waals surface area contributed by atoms with Crippen LogP contribution in [0.2, 0.25) is 5.02 Å². The number of rotatable bonds is 4. The first-order valence-corrected chi connectivity index (χ1v) is 5.75. The van der Waals surface area contributed by atoms with E-state index in [1.165, 1.54) is 25.2 Å². The fourth-order valence-corrected chi connectivity index (χ4v) is 2.01. The molecular formula is C12H17ClN2. The summed E-state index contributed by atoms with van der Waals surface area (Å²) >= 11 is 5.84. The van der Waals surface area contributed by atoms with Crippen LogP contribution in [0.25, 0.3) is 0 Å². The fraction of sp³-hybridized carbons (Fsp3) is 0.500. The van der Waals surface area contributed by atoms with E-state index in [9.17, 15) is 0 Å². The monoisotopic (exact) mass is 224 g/mol. The van der Waals surface area contributed by atoms with E-state index in [0.717, 1.165) is 17.5 Å². The SMILES string of the molecule is CN(Cc1ccc(Cl)cc1)CC1CNC1. The molecule has 0 aliphatic carbocycles. The van der Waals surface area contributed by atoms with Gasteiger partial charge < -0.3 is 10.2 Å². The lowest BCUT2D eigenvalue weighted by atomic mass is 10.0. The molecule has 1 N–H and O–H groups in total. The normalized spacial score (nSPS) is 16.7. The lowest BCUT2D eigenvalue weighted by Crippen LogP contribution is -2.47. The summed E-state index contributed by atoms with van der Waals surface area (Å²) in [4.78, 5) is 2.37. The van der Waals surface area contributed by atoms with Gasteiger partial charge in [-0.3, -0.25) is 0 Å². The molecule has 1 heterocycles. The Morgan fingerprint density at radius 1 is 1.33 bits per heavy atom. The van der Waals surface area contributed by atoms with Crippen molar-refractivity contribution >= 4 is 11.6 Å². The number of halogens is 1. The van der Waals surface area contributed by atoms with Gasteiger partial charge in [0.1, 0.15) is 0 Å². The average molecular weight is 225 g/mol. The quantitative estimate of drug-likeness (QED) is 0.842. The first-order chi connectivity index (χ1) is 7.24. The van der Waals surface area contributed by atoms with Gasteiger partial charge in [0.05, 0.1) is 0 Å². The fourth-order valence-electron chi connectivity index (χ4n) is 1.88. The molecule has 15 heavy (non-hydrogen) atoms. The molecule has 0 spiro atoms. The van der Waals surface area contributed by atoms with Gasteiger partial charge in [0, 0.05) is 31.2 Å². The number of nitrogens with zero attached hydrogens (tertiary/aromatic N) is 1. The van der Waals surface area contributed by atoms with E-state index in [1.807, 2.05) is 12.1 Å². The van der Waals surface area contributed by atoms with Crippen LogP contribution in [0.15, 0.2) is 24.3 Å². The van der Waals surface area contributed by atoms with Crippen molar-refractivity contribution in [3.05, 3.63) is 34.9 Å². The van der Waals surface area contributed by atoms with Gasteiger partial charge in [-0.15, -0.1) is 0 Å². The summed E-state index contributed by atoms with van der Waals surface area (Å²) in [7, 11) is 2.17. The molecule has 0 saturated carbocycles. The lowest BCUT2D eigenvalue weighted by Gasteiger charge is -2.31. The predicted molar refractivity (Wildman–Crippen MR) is 64.1 cm³/mol. The molecule has 0 unspecified atom stereocenters. The summed E-state index contributed by atoms with van der Waals surface area (Å²) in [6.07, 6.45) is 0. The van der Waals surface area contributed by atoms with Crippen molar-refractivity contribution in [1.82, 2.24) is 10.2 Å². The van der Waals surface area contributed by atoms with Crippen molar-refractivity contribution in [2.75, 3.05) is 26.7 Å². The number of nitrogens with one attached hydrogen (secondary N) is 1. The van der Waals surface area contributed by atoms with E-state index in [1.54, 1.807) is 0 Å². The van der Waals surface area contributed by atoms with Gasteiger partial charge in [0.25, 0.3) is 0 Å². The van der Waals surface area contributed by atoms with Crippen molar-refractivity contribution < 1.29 is 0 Å². The van der Waals surface area contributed by atoms with E-state index >= 15 is 0 Å². The minimum Gasteiger partial charge on any atom is -0.316 e. The highest BCUT2D eigenvalue weighted by Crippen LogP contribution is 2.12. The van der Waals surface area contributed by atoms with Crippen molar-refractivity contribution in [2.24, 2.45) is 5.92 Å². The maximum absolute atomic E-state index is 5.84. The minimum atomic E-state index is 0.810. The van der Waals surface area contributed by atoms with E-state index < -0.39 is 0 Å². The Bertz CT molecular complexity index is 306. The van der Waals surface area contributed by atoms with Crippen LogP contribution in [0.3, 0.4) is 0 Å². The van der Waals surface area contributed by atoms with Crippen molar-refractivity contribution in [2.45, 2.75) is 6.54 Å². The van der Waals surface area contributed by atoms with Gasteiger partial charge in [-0.1, -0.05) is 23.7 Å². The average Bonchev–Trinajstić information content (AvgIpc) is 2.16. The Morgan fingerprint density at radius 3 is 2.53 bits per heavy atom. The number of benzene rings is 1. The molecule has 0 atom stereocenters. The van der Waals surface area contributed by atoms with Crippen LogP contribution in [0.1, 0.15) is 5.56 Å². The highest BCUT2D eigenvalue weighted by atomic mass is 35.5. The third-order valence-corrected chi connectivity index (χ3v) is 3.05. The summed E-state index contributed by atoms with van der Waals surface area (Å²) in [5.74, 6) is 0.835. The molecule has 0 amide bonds. The summed E-state index contributed by atoms with van der Waals surface area (Å²) in [6, 6.07) is 8.10. The lowest BCUT2D eigenvalue weighted by molar-refractivity contribution is 0.218. The van der Waals surface area contributed by atoms with E-state index in [2.05, 4.69) is 29.4 Å². The molecule has 1 aliphatic heterocycles. The Balaban J connectivity index is 1.82. The summed E-state index contributed by atoms with van der Waals surface area (Å²) in [6.45, 7) is 4.53. The second-order valence-corrected chi connectivity index (χ2v) is 4.78. The molecule has 1 saturated heterocycles. The molecule has 2 rings (SSSR count). The zero-order valence-corrected chi connectivity index (χ0v) is 9.80. The van der Waals surface area contributed by atoms with Crippen molar-refractivity contribution in [3.8, 4) is 0 Å². The molecule has 0 radical (unpaired) electrons. The molecule has 82 valence electrons. The standard InChI is InChI=1S/C12H17ClN2/c1-15(9-11-6-14-7-11)8-10-2-4-12(13)5-3-10/h2-5,11,14H,6-9H2,1H3. The van der Waals surface area contributed by atoms with Gasteiger partial charge in [-0.2, -0.15) is 0 Å². The van der Waals surface area contributed by atoms with Crippen LogP contribution < -0.4 is 5.32 Å². The largest absolute Gasteiger partial charge is 0.316 e. The second-order valence-electron chi connectivity index (χ2n) is 4.35. The van der Waals surface area contributed by atoms with Crippen LogP contribution >= 0.6 is 11.6 Å². The van der Waals surface area contributed by atoms with Crippen LogP contribution in [0.5, 0.6) is 0 Å². The van der Waals surface area contributed by atoms with Gasteiger partial charge in [0.15, 0.2) is 0 Å². The molecule has 1 aliphatic rings. The Morgan fingerprint density at radius 2 is 2.00 bits per heavy atom. The van der Waals surface area contributed by atoms with Crippen LogP contribution in [-0.2, 0) is 6.54 Å². The minimum absolute atomic E-state index is 0.810. The van der Waals surface area contributed by atoms with Gasteiger partial charge in [-0.05, 0) is 30.7 Å². The Labute approximate surface area is 96.2 Å². The van der Waals surface area contributed by atoms with E-state index in [-0.39, 0.29) is 0 Å². The molecule has 2 nitrogen and oxygen atoms in total. The Kier molecular flexibility index (Phi) is 3.62. The highest BCUT2D eigenvalue weighted by Gasteiger charge is 2.18. The highest BCUT2D eigenvalue weighted by molar-refractivity contribution is 6.30. The molecule has 1 aromatic carbocycles. The summed E-state index contributed by atoms with van der Waals surface area (Å²) in [5, 5.41) is 4.10. The molecule has 1 fully saturated rings. The molecule has 0 aromatic heterocycles. The van der Waals surface area contributed by atoms with Crippen molar-refractivity contribution in [3.63, 3.8) is 0 Å². The number of hydrogen-bond donors (Lipinski definition) is 1.